The zero-order valence-electron chi connectivity index (χ0n) is 37.2. The summed E-state index contributed by atoms with van der Waals surface area (Å²) < 4.78 is 32.3. The molecule has 0 radical (unpaired) electrons. The number of aliphatic hydroxyl groups is 3. The molecule has 15 nitrogen and oxygen atoms in total. The van der Waals surface area contributed by atoms with E-state index in [1.807, 2.05) is 43.3 Å². The van der Waals surface area contributed by atoms with Crippen molar-refractivity contribution in [1.29, 1.82) is 0 Å². The number of unbranched alkanes of at least 4 members (excludes halogenated alkanes) is 2. The number of fused-ring (bicyclic) bond motifs is 2. The zero-order valence-corrected chi connectivity index (χ0v) is 37.2. The quantitative estimate of drug-likeness (QED) is 0.0338. The second kappa shape index (κ2) is 23.0. The van der Waals surface area contributed by atoms with E-state index in [9.17, 15) is 30.2 Å². The van der Waals surface area contributed by atoms with E-state index in [0.717, 1.165) is 47.9 Å². The molecule has 1 aliphatic heterocycles. The number of amides is 1. The molecule has 6 rings (SSSR count). The number of carbonyl (C=O) groups excluding carboxylic acids is 1. The van der Waals surface area contributed by atoms with Gasteiger partial charge in [-0.15, -0.1) is 6.58 Å². The highest BCUT2D eigenvalue weighted by Crippen LogP contribution is 2.62. The Morgan fingerprint density at radius 3 is 2.39 bits per heavy atom. The average Bonchev–Trinajstić information content (AvgIpc) is 3.29. The lowest BCUT2D eigenvalue weighted by atomic mass is 9.55. The van der Waals surface area contributed by atoms with Gasteiger partial charge in [0.15, 0.2) is 0 Å². The fraction of sp³-hybridized carbons (Fsp3) is 0.510. The number of nitrogens with zero attached hydrogens (tertiary/aromatic N) is 3. The SMILES string of the molecule is C=CCO[C@@]12Oc3ccc(Oc4ccc(C)c(C)c4)cc3[C@H]3[C@H](CCCCO)[C@@H](CCCCO)C=C(C(=NOCc4ccc([N+](=O)[O-])cc4)C[C@@H]1N(CCOCCO)C(=O)OCC)[C@H]32. The standard InChI is InChI=1S/C49H63N3O12/c1-5-25-61-49-45(51(48(56)60-6-2)21-26-59-27-24-55)31-43(50-62-32-35-14-16-37(17-15-35)52(57)58)41-29-36(11-7-9-22-53)40(12-8-10-23-54)46(47(41)49)42-30-39(19-20-44(42)64-49)63-38-18-13-33(3)34(4)28-38/h5,13-20,28-30,36,40,45-47,53-55H,1,6-12,21-27,31-32H2,2-4H3/t36-,40+,45-,46+,47+,49+/m0/s1. The van der Waals surface area contributed by atoms with Crippen LogP contribution in [0.15, 0.2) is 90.1 Å². The van der Waals surface area contributed by atoms with E-state index in [1.54, 1.807) is 30.0 Å². The van der Waals surface area contributed by atoms with Gasteiger partial charge in [0.2, 0.25) is 5.79 Å². The first-order valence-electron chi connectivity index (χ1n) is 22.4. The molecular weight excluding hydrogens is 823 g/mol. The normalized spacial score (nSPS) is 22.7. The highest BCUT2D eigenvalue weighted by Gasteiger charge is 2.65. The minimum atomic E-state index is -1.53. The lowest BCUT2D eigenvalue weighted by molar-refractivity contribution is -0.384. The second-order valence-corrected chi connectivity index (χ2v) is 16.5. The van der Waals surface area contributed by atoms with Crippen molar-refractivity contribution in [3.63, 3.8) is 0 Å². The summed E-state index contributed by atoms with van der Waals surface area (Å²) >= 11 is 0. The van der Waals surface area contributed by atoms with Gasteiger partial charge in [-0.25, -0.2) is 4.79 Å². The molecule has 3 aromatic carbocycles. The highest BCUT2D eigenvalue weighted by molar-refractivity contribution is 6.03. The van der Waals surface area contributed by atoms with E-state index in [2.05, 4.69) is 19.6 Å². The maximum atomic E-state index is 14.2. The number of nitro groups is 1. The largest absolute Gasteiger partial charge is 0.459 e. The molecule has 0 aromatic heterocycles. The summed E-state index contributed by atoms with van der Waals surface area (Å²) in [6, 6.07) is 17.0. The molecule has 346 valence electrons. The number of carbonyl (C=O) groups is 1. The van der Waals surface area contributed by atoms with Crippen LogP contribution in [0.3, 0.4) is 0 Å². The Hall–Kier alpha value is -5.32. The van der Waals surface area contributed by atoms with Crippen molar-refractivity contribution in [2.24, 2.45) is 22.9 Å². The van der Waals surface area contributed by atoms with Crippen LogP contribution in [0, 0.1) is 41.7 Å². The minimum Gasteiger partial charge on any atom is -0.459 e. The van der Waals surface area contributed by atoms with Crippen LogP contribution < -0.4 is 9.47 Å². The van der Waals surface area contributed by atoms with Gasteiger partial charge in [0.1, 0.15) is 29.9 Å². The first-order chi connectivity index (χ1) is 31.1. The predicted octanol–water partition coefficient (Wildman–Crippen LogP) is 8.31. The van der Waals surface area contributed by atoms with Crippen molar-refractivity contribution in [3.05, 3.63) is 117 Å². The molecule has 1 fully saturated rings. The van der Waals surface area contributed by atoms with Crippen LogP contribution in [0.1, 0.15) is 80.0 Å². The Morgan fingerprint density at radius 2 is 1.70 bits per heavy atom. The van der Waals surface area contributed by atoms with Gasteiger partial charge >= 0.3 is 6.09 Å². The number of rotatable bonds is 24. The summed E-state index contributed by atoms with van der Waals surface area (Å²) in [5.74, 6) is -0.545. The monoisotopic (exact) mass is 885 g/mol. The van der Waals surface area contributed by atoms with Crippen LogP contribution in [0.25, 0.3) is 0 Å². The molecule has 0 saturated heterocycles. The molecule has 0 bridgehead atoms. The molecule has 0 spiro atoms. The van der Waals surface area contributed by atoms with Crippen molar-refractivity contribution < 1.29 is 53.6 Å². The summed E-state index contributed by atoms with van der Waals surface area (Å²) in [7, 11) is 0. The topological polar surface area (TPSA) is 192 Å². The van der Waals surface area contributed by atoms with E-state index >= 15 is 0 Å². The Bertz CT molecular complexity index is 2110. The summed E-state index contributed by atoms with van der Waals surface area (Å²) in [5, 5.41) is 45.6. The van der Waals surface area contributed by atoms with Crippen LogP contribution in [0.4, 0.5) is 10.5 Å². The van der Waals surface area contributed by atoms with Gasteiger partial charge in [-0.2, -0.15) is 0 Å². The zero-order chi connectivity index (χ0) is 45.6. The number of nitro benzene ring substituents is 1. The number of hydrogen-bond donors (Lipinski definition) is 3. The molecule has 3 aliphatic rings. The van der Waals surface area contributed by atoms with E-state index < -0.39 is 28.8 Å². The molecular formula is C49H63N3O12. The summed E-state index contributed by atoms with van der Waals surface area (Å²) in [4.78, 5) is 32.8. The third kappa shape index (κ3) is 11.1. The second-order valence-electron chi connectivity index (χ2n) is 16.5. The maximum absolute atomic E-state index is 14.2. The molecule has 1 saturated carbocycles. The number of ether oxygens (including phenoxy) is 5. The fourth-order valence-corrected chi connectivity index (χ4v) is 9.43. The maximum Gasteiger partial charge on any atom is 0.410 e. The fourth-order valence-electron chi connectivity index (χ4n) is 9.43. The molecule has 64 heavy (non-hydrogen) atoms. The van der Waals surface area contributed by atoms with Crippen molar-refractivity contribution in [3.8, 4) is 17.2 Å². The molecule has 3 N–H and O–H groups in total. The van der Waals surface area contributed by atoms with Crippen molar-refractivity contribution in [2.45, 2.75) is 90.1 Å². The van der Waals surface area contributed by atoms with E-state index in [1.165, 1.54) is 12.1 Å². The van der Waals surface area contributed by atoms with Gasteiger partial charge in [-0.3, -0.25) is 15.0 Å². The summed E-state index contributed by atoms with van der Waals surface area (Å²) in [5.41, 5.74) is 5.20. The number of non-ortho nitro benzene ring substituents is 1. The van der Waals surface area contributed by atoms with Crippen LogP contribution in [0.5, 0.6) is 17.2 Å². The number of aryl methyl sites for hydroxylation is 2. The van der Waals surface area contributed by atoms with Gasteiger partial charge in [0.25, 0.3) is 5.69 Å². The van der Waals surface area contributed by atoms with Crippen LogP contribution >= 0.6 is 0 Å². The number of oxime groups is 1. The smallest absolute Gasteiger partial charge is 0.410 e. The third-order valence-corrected chi connectivity index (χ3v) is 12.5. The highest BCUT2D eigenvalue weighted by atomic mass is 16.7. The van der Waals surface area contributed by atoms with Gasteiger partial charge in [0.05, 0.1) is 49.6 Å². The molecule has 15 heteroatoms. The van der Waals surface area contributed by atoms with Crippen molar-refractivity contribution in [1.82, 2.24) is 4.90 Å². The Kier molecular flexibility index (Phi) is 17.3. The number of aliphatic hydroxyl groups excluding tert-OH is 3. The molecule has 2 aliphatic carbocycles. The number of benzene rings is 3. The molecule has 1 amide bonds. The predicted molar refractivity (Wildman–Crippen MR) is 240 cm³/mol. The van der Waals surface area contributed by atoms with Crippen molar-refractivity contribution in [2.75, 3.05) is 52.8 Å². The van der Waals surface area contributed by atoms with E-state index in [4.69, 9.17) is 33.7 Å². The Labute approximate surface area is 375 Å². The molecule has 3 aromatic rings. The number of allylic oxidation sites excluding steroid dienone is 1. The van der Waals surface area contributed by atoms with Gasteiger partial charge < -0.3 is 43.8 Å². The van der Waals surface area contributed by atoms with Gasteiger partial charge in [-0.1, -0.05) is 36.2 Å². The first kappa shape index (κ1) is 48.1. The Morgan fingerprint density at radius 1 is 0.969 bits per heavy atom. The van der Waals surface area contributed by atoms with Crippen LogP contribution in [-0.2, 0) is 25.7 Å². The average molecular weight is 886 g/mol. The summed E-state index contributed by atoms with van der Waals surface area (Å²) in [6.07, 6.45) is 7.69. The first-order valence-corrected chi connectivity index (χ1v) is 22.4. The molecule has 0 unspecified atom stereocenters. The molecule has 1 heterocycles. The third-order valence-electron chi connectivity index (χ3n) is 12.5. The number of hydrogen-bond acceptors (Lipinski definition) is 13. The van der Waals surface area contributed by atoms with Gasteiger partial charge in [-0.05, 0) is 123 Å². The lowest BCUT2D eigenvalue weighted by Gasteiger charge is -2.59. The van der Waals surface area contributed by atoms with Crippen LogP contribution in [-0.4, -0.2) is 102 Å². The lowest BCUT2D eigenvalue weighted by Crippen LogP contribution is -2.70. The van der Waals surface area contributed by atoms with Gasteiger partial charge in [0, 0.05) is 49.8 Å². The van der Waals surface area contributed by atoms with Crippen LogP contribution in [0.2, 0.25) is 0 Å². The van der Waals surface area contributed by atoms with Crippen molar-refractivity contribution >= 4 is 17.5 Å². The van der Waals surface area contributed by atoms with E-state index in [-0.39, 0.29) is 89.3 Å². The Balaban J connectivity index is 1.57. The summed E-state index contributed by atoms with van der Waals surface area (Å²) in [6.45, 7) is 10.2. The van der Waals surface area contributed by atoms with E-state index in [0.29, 0.717) is 41.4 Å². The molecule has 6 atom stereocenters. The minimum absolute atomic E-state index is 0.00154.